The van der Waals surface area contributed by atoms with Gasteiger partial charge in [0, 0.05) is 13.1 Å². The van der Waals surface area contributed by atoms with Gasteiger partial charge >= 0.3 is 18.2 Å². The first-order chi connectivity index (χ1) is 16.2. The molecule has 8 heteroatoms. The predicted molar refractivity (Wildman–Crippen MR) is 128 cm³/mol. The maximum atomic E-state index is 13.0. The zero-order valence-electron chi connectivity index (χ0n) is 20.3. The van der Waals surface area contributed by atoms with E-state index in [2.05, 4.69) is 5.32 Å². The first kappa shape index (κ1) is 26.7. The van der Waals surface area contributed by atoms with Gasteiger partial charge in [-0.3, -0.25) is 4.90 Å². The van der Waals surface area contributed by atoms with Crippen molar-refractivity contribution in [2.75, 3.05) is 20.2 Å². The van der Waals surface area contributed by atoms with Crippen molar-refractivity contribution < 1.29 is 28.6 Å². The topological polar surface area (TPSA) is 94.2 Å². The monoisotopic (exact) mass is 470 g/mol. The van der Waals surface area contributed by atoms with Crippen molar-refractivity contribution in [1.82, 2.24) is 10.2 Å². The summed E-state index contributed by atoms with van der Waals surface area (Å²) in [6.45, 7) is 5.46. The van der Waals surface area contributed by atoms with Crippen molar-refractivity contribution in [2.24, 2.45) is 0 Å². The van der Waals surface area contributed by atoms with Crippen molar-refractivity contribution in [3.63, 3.8) is 0 Å². The second-order valence-electron chi connectivity index (χ2n) is 8.73. The van der Waals surface area contributed by atoms with E-state index in [1.54, 1.807) is 20.8 Å². The smallest absolute Gasteiger partial charge is 0.410 e. The number of carbonyl (C=O) groups is 3. The average Bonchev–Trinajstić information content (AvgIpc) is 2.81. The normalized spacial score (nSPS) is 11.8. The SMILES string of the molecule is COC(=O)[C@@H](CCc1ccccc1)N(CCNC(=O)OC(C)(C)C)C(=O)OCc1ccccc1. The van der Waals surface area contributed by atoms with Gasteiger partial charge in [0.2, 0.25) is 0 Å². The summed E-state index contributed by atoms with van der Waals surface area (Å²) >= 11 is 0. The number of nitrogens with zero attached hydrogens (tertiary/aromatic N) is 1. The second kappa shape index (κ2) is 13.2. The summed E-state index contributed by atoms with van der Waals surface area (Å²) in [5, 5.41) is 2.62. The van der Waals surface area contributed by atoms with E-state index in [-0.39, 0.29) is 19.7 Å². The summed E-state index contributed by atoms with van der Waals surface area (Å²) in [6.07, 6.45) is -0.381. The molecule has 1 atom stereocenters. The van der Waals surface area contributed by atoms with Crippen LogP contribution in [-0.2, 0) is 32.0 Å². The van der Waals surface area contributed by atoms with Crippen LogP contribution >= 0.6 is 0 Å². The maximum absolute atomic E-state index is 13.0. The summed E-state index contributed by atoms with van der Waals surface area (Å²) in [7, 11) is 1.28. The molecule has 2 aromatic carbocycles. The molecule has 0 bridgehead atoms. The lowest BCUT2D eigenvalue weighted by molar-refractivity contribution is -0.146. The highest BCUT2D eigenvalue weighted by Gasteiger charge is 2.31. The zero-order chi connectivity index (χ0) is 25.0. The van der Waals surface area contributed by atoms with Crippen LogP contribution in [0.25, 0.3) is 0 Å². The lowest BCUT2D eigenvalue weighted by Crippen LogP contribution is -2.49. The van der Waals surface area contributed by atoms with Gasteiger partial charge in [0.1, 0.15) is 18.2 Å². The standard InChI is InChI=1S/C26H34N2O6/c1-26(2,3)34-24(30)27-17-18-28(25(31)33-19-21-13-9-6-10-14-21)22(23(29)32-4)16-15-20-11-7-5-8-12-20/h5-14,22H,15-19H2,1-4H3,(H,27,30)/t22-/m1/s1. The molecule has 0 saturated heterocycles. The van der Waals surface area contributed by atoms with Gasteiger partial charge in [0.05, 0.1) is 7.11 Å². The molecule has 0 aliphatic carbocycles. The summed E-state index contributed by atoms with van der Waals surface area (Å²) in [5.74, 6) is -0.551. The molecule has 0 radical (unpaired) electrons. The van der Waals surface area contributed by atoms with E-state index >= 15 is 0 Å². The molecule has 34 heavy (non-hydrogen) atoms. The molecule has 0 fully saturated rings. The van der Waals surface area contributed by atoms with Gasteiger partial charge < -0.3 is 19.5 Å². The molecule has 0 saturated carbocycles. The van der Waals surface area contributed by atoms with Gasteiger partial charge in [0.25, 0.3) is 0 Å². The Kier molecular flexibility index (Phi) is 10.4. The molecule has 2 amide bonds. The van der Waals surface area contributed by atoms with E-state index in [1.807, 2.05) is 60.7 Å². The number of methoxy groups -OCH3 is 1. The number of benzene rings is 2. The number of ether oxygens (including phenoxy) is 3. The maximum Gasteiger partial charge on any atom is 0.410 e. The van der Waals surface area contributed by atoms with Crippen molar-refractivity contribution >= 4 is 18.2 Å². The first-order valence-electron chi connectivity index (χ1n) is 11.3. The Morgan fingerprint density at radius 1 is 0.941 bits per heavy atom. The molecule has 0 heterocycles. The predicted octanol–water partition coefficient (Wildman–Crippen LogP) is 4.32. The van der Waals surface area contributed by atoms with Gasteiger partial charge in [-0.1, -0.05) is 60.7 Å². The fourth-order valence-corrected chi connectivity index (χ4v) is 3.25. The number of alkyl carbamates (subject to hydrolysis) is 1. The molecule has 8 nitrogen and oxygen atoms in total. The molecule has 1 N–H and O–H groups in total. The Hall–Kier alpha value is -3.55. The van der Waals surface area contributed by atoms with E-state index in [9.17, 15) is 14.4 Å². The van der Waals surface area contributed by atoms with Crippen molar-refractivity contribution in [2.45, 2.75) is 51.9 Å². The molecule has 0 unspecified atom stereocenters. The van der Waals surface area contributed by atoms with Gasteiger partial charge in [-0.15, -0.1) is 0 Å². The minimum absolute atomic E-state index is 0.0431. The molecule has 0 aliphatic heterocycles. The molecular formula is C26H34N2O6. The van der Waals surface area contributed by atoms with Crippen molar-refractivity contribution in [1.29, 1.82) is 0 Å². The Balaban J connectivity index is 2.12. The lowest BCUT2D eigenvalue weighted by Gasteiger charge is -2.29. The summed E-state index contributed by atoms with van der Waals surface area (Å²) in [5.41, 5.74) is 1.20. The van der Waals surface area contributed by atoms with Crippen molar-refractivity contribution in [3.8, 4) is 0 Å². The van der Waals surface area contributed by atoms with E-state index < -0.39 is 29.8 Å². The van der Waals surface area contributed by atoms with E-state index in [0.717, 1.165) is 11.1 Å². The van der Waals surface area contributed by atoms with Gasteiger partial charge in [-0.25, -0.2) is 14.4 Å². The first-order valence-corrected chi connectivity index (χ1v) is 11.3. The van der Waals surface area contributed by atoms with Gasteiger partial charge in [0.15, 0.2) is 0 Å². The third-order valence-electron chi connectivity index (χ3n) is 4.86. The molecule has 0 aromatic heterocycles. The number of amides is 2. The number of rotatable bonds is 10. The summed E-state index contributed by atoms with van der Waals surface area (Å²) in [6, 6.07) is 18.0. The van der Waals surface area contributed by atoms with Gasteiger partial charge in [-0.05, 0) is 44.7 Å². The average molecular weight is 471 g/mol. The quantitative estimate of drug-likeness (QED) is 0.410. The van der Waals surface area contributed by atoms with Crippen LogP contribution in [0.5, 0.6) is 0 Å². The zero-order valence-corrected chi connectivity index (χ0v) is 20.3. The Bertz CT molecular complexity index is 912. The van der Waals surface area contributed by atoms with E-state index in [0.29, 0.717) is 12.8 Å². The van der Waals surface area contributed by atoms with Crippen LogP contribution in [0, 0.1) is 0 Å². The fraction of sp³-hybridized carbons (Fsp3) is 0.423. The molecule has 0 spiro atoms. The fourth-order valence-electron chi connectivity index (χ4n) is 3.25. The number of hydrogen-bond acceptors (Lipinski definition) is 6. The largest absolute Gasteiger partial charge is 0.467 e. The van der Waals surface area contributed by atoms with E-state index in [1.165, 1.54) is 12.0 Å². The Morgan fingerprint density at radius 2 is 1.53 bits per heavy atom. The molecular weight excluding hydrogens is 436 g/mol. The summed E-state index contributed by atoms with van der Waals surface area (Å²) in [4.78, 5) is 39.0. The minimum Gasteiger partial charge on any atom is -0.467 e. The van der Waals surface area contributed by atoms with Crippen molar-refractivity contribution in [3.05, 3.63) is 71.8 Å². The van der Waals surface area contributed by atoms with Crippen LogP contribution < -0.4 is 5.32 Å². The number of carbonyl (C=O) groups excluding carboxylic acids is 3. The molecule has 2 aromatic rings. The molecule has 184 valence electrons. The second-order valence-corrected chi connectivity index (χ2v) is 8.73. The van der Waals surface area contributed by atoms with E-state index in [4.69, 9.17) is 14.2 Å². The highest BCUT2D eigenvalue weighted by molar-refractivity contribution is 5.81. The van der Waals surface area contributed by atoms with Crippen LogP contribution in [0.15, 0.2) is 60.7 Å². The third kappa shape index (κ3) is 9.52. The highest BCUT2D eigenvalue weighted by Crippen LogP contribution is 2.15. The van der Waals surface area contributed by atoms with Crippen LogP contribution in [0.4, 0.5) is 9.59 Å². The number of esters is 1. The molecule has 0 aliphatic rings. The Labute approximate surface area is 201 Å². The van der Waals surface area contributed by atoms with Crippen LogP contribution in [0.3, 0.4) is 0 Å². The summed E-state index contributed by atoms with van der Waals surface area (Å²) < 4.78 is 15.7. The van der Waals surface area contributed by atoms with Crippen LogP contribution in [-0.4, -0.2) is 54.9 Å². The van der Waals surface area contributed by atoms with Crippen LogP contribution in [0.2, 0.25) is 0 Å². The number of aryl methyl sites for hydroxylation is 1. The number of hydrogen-bond donors (Lipinski definition) is 1. The highest BCUT2D eigenvalue weighted by atomic mass is 16.6. The number of nitrogens with one attached hydrogen (secondary N) is 1. The third-order valence-corrected chi connectivity index (χ3v) is 4.86. The lowest BCUT2D eigenvalue weighted by atomic mass is 10.0. The minimum atomic E-state index is -0.881. The van der Waals surface area contributed by atoms with Crippen LogP contribution in [0.1, 0.15) is 38.3 Å². The molecule has 2 rings (SSSR count). The Morgan fingerprint density at radius 3 is 2.09 bits per heavy atom. The van der Waals surface area contributed by atoms with Gasteiger partial charge in [-0.2, -0.15) is 0 Å².